The van der Waals surface area contributed by atoms with Crippen molar-refractivity contribution in [2.45, 2.75) is 45.7 Å². The molecule has 0 aromatic carbocycles. The van der Waals surface area contributed by atoms with Crippen LogP contribution in [-0.4, -0.2) is 6.04 Å². The molecule has 4 unspecified atom stereocenters. The summed E-state index contributed by atoms with van der Waals surface area (Å²) >= 11 is 1.92. The molecule has 17 heavy (non-hydrogen) atoms. The van der Waals surface area contributed by atoms with Gasteiger partial charge in [0.05, 0.1) is 0 Å². The highest BCUT2D eigenvalue weighted by Gasteiger charge is 2.41. The molecular formula is C15H21NS. The monoisotopic (exact) mass is 247 g/mol. The number of allylic oxidation sites excluding steroid dienone is 1. The summed E-state index contributed by atoms with van der Waals surface area (Å²) in [6, 6.07) is 3.56. The van der Waals surface area contributed by atoms with E-state index in [1.54, 1.807) is 0 Å². The highest BCUT2D eigenvalue weighted by atomic mass is 32.1. The van der Waals surface area contributed by atoms with Crippen LogP contribution in [0.25, 0.3) is 0 Å². The molecule has 1 aromatic rings. The fraction of sp³-hybridized carbons (Fsp3) is 0.600. The first-order valence-corrected chi connectivity index (χ1v) is 7.46. The summed E-state index contributed by atoms with van der Waals surface area (Å²) in [5, 5.41) is 3.81. The van der Waals surface area contributed by atoms with E-state index in [0.29, 0.717) is 12.1 Å². The molecule has 4 atom stereocenters. The lowest BCUT2D eigenvalue weighted by Crippen LogP contribution is -2.48. The van der Waals surface area contributed by atoms with E-state index >= 15 is 0 Å². The Kier molecular flexibility index (Phi) is 2.87. The Bertz CT molecular complexity index is 446. The lowest BCUT2D eigenvalue weighted by Gasteiger charge is -2.42. The summed E-state index contributed by atoms with van der Waals surface area (Å²) in [6.07, 6.45) is 7.46. The zero-order valence-electron chi connectivity index (χ0n) is 10.9. The SMILES string of the molecule is Cc1cc(C(C)NC2CC3CC=CC32)c(C)s1. The van der Waals surface area contributed by atoms with Crippen molar-refractivity contribution in [2.24, 2.45) is 11.8 Å². The standard InChI is InChI=1S/C15H21NS/c1-9-7-14(11(3)17-9)10(2)16-15-8-12-5-4-6-13(12)15/h4,6-7,10,12-13,15-16H,5,8H2,1-3H3. The minimum Gasteiger partial charge on any atom is -0.307 e. The third-order valence-electron chi connectivity index (χ3n) is 4.37. The number of thiophene rings is 1. The van der Waals surface area contributed by atoms with Gasteiger partial charge in [0.25, 0.3) is 0 Å². The molecule has 92 valence electrons. The van der Waals surface area contributed by atoms with Crippen LogP contribution in [0, 0.1) is 25.7 Å². The molecule has 1 aromatic heterocycles. The Morgan fingerprint density at radius 1 is 1.41 bits per heavy atom. The zero-order valence-corrected chi connectivity index (χ0v) is 11.7. The molecule has 0 spiro atoms. The van der Waals surface area contributed by atoms with Crippen molar-refractivity contribution in [2.75, 3.05) is 0 Å². The largest absolute Gasteiger partial charge is 0.307 e. The maximum Gasteiger partial charge on any atom is 0.0305 e. The van der Waals surface area contributed by atoms with E-state index in [1.807, 2.05) is 11.3 Å². The van der Waals surface area contributed by atoms with Crippen molar-refractivity contribution < 1.29 is 0 Å². The van der Waals surface area contributed by atoms with Gasteiger partial charge in [-0.05, 0) is 57.1 Å². The van der Waals surface area contributed by atoms with Crippen molar-refractivity contribution in [3.8, 4) is 0 Å². The van der Waals surface area contributed by atoms with Crippen LogP contribution in [0.5, 0.6) is 0 Å². The van der Waals surface area contributed by atoms with Crippen molar-refractivity contribution in [1.29, 1.82) is 0 Å². The van der Waals surface area contributed by atoms with Gasteiger partial charge < -0.3 is 5.32 Å². The first-order valence-electron chi connectivity index (χ1n) is 6.65. The van der Waals surface area contributed by atoms with Crippen LogP contribution in [0.1, 0.15) is 41.1 Å². The number of hydrogen-bond donors (Lipinski definition) is 1. The Morgan fingerprint density at radius 3 is 2.88 bits per heavy atom. The third kappa shape index (κ3) is 1.98. The molecule has 2 heteroatoms. The molecule has 0 amide bonds. The van der Waals surface area contributed by atoms with Gasteiger partial charge in [-0.3, -0.25) is 0 Å². The van der Waals surface area contributed by atoms with E-state index in [4.69, 9.17) is 0 Å². The van der Waals surface area contributed by atoms with E-state index in [1.165, 1.54) is 28.2 Å². The van der Waals surface area contributed by atoms with Gasteiger partial charge in [0.1, 0.15) is 0 Å². The number of rotatable bonds is 3. The zero-order chi connectivity index (χ0) is 12.0. The Morgan fingerprint density at radius 2 is 2.24 bits per heavy atom. The molecule has 3 rings (SSSR count). The molecule has 0 saturated heterocycles. The molecule has 1 nitrogen and oxygen atoms in total. The molecule has 0 radical (unpaired) electrons. The first kappa shape index (κ1) is 11.5. The first-order chi connectivity index (χ1) is 8.15. The number of hydrogen-bond acceptors (Lipinski definition) is 2. The predicted molar refractivity (Wildman–Crippen MR) is 74.5 cm³/mol. The molecule has 1 heterocycles. The summed E-state index contributed by atoms with van der Waals surface area (Å²) in [4.78, 5) is 2.90. The van der Waals surface area contributed by atoms with Crippen LogP contribution in [0.2, 0.25) is 0 Å². The predicted octanol–water partition coefficient (Wildman–Crippen LogP) is 3.98. The van der Waals surface area contributed by atoms with Crippen LogP contribution >= 0.6 is 11.3 Å². The number of nitrogens with one attached hydrogen (secondary N) is 1. The highest BCUT2D eigenvalue weighted by Crippen LogP contribution is 2.43. The second-order valence-corrected chi connectivity index (χ2v) is 7.06. The Balaban J connectivity index is 1.66. The topological polar surface area (TPSA) is 12.0 Å². The van der Waals surface area contributed by atoms with Crippen LogP contribution in [-0.2, 0) is 0 Å². The van der Waals surface area contributed by atoms with E-state index in [0.717, 1.165) is 11.8 Å². The van der Waals surface area contributed by atoms with E-state index in [-0.39, 0.29) is 0 Å². The maximum atomic E-state index is 3.81. The molecule has 1 fully saturated rings. The summed E-state index contributed by atoms with van der Waals surface area (Å²) in [5.74, 6) is 1.77. The molecule has 1 saturated carbocycles. The molecular weight excluding hydrogens is 226 g/mol. The van der Waals surface area contributed by atoms with Crippen molar-refractivity contribution in [3.05, 3.63) is 33.5 Å². The lowest BCUT2D eigenvalue weighted by molar-refractivity contribution is 0.152. The minimum absolute atomic E-state index is 0.500. The van der Waals surface area contributed by atoms with Gasteiger partial charge >= 0.3 is 0 Å². The van der Waals surface area contributed by atoms with Gasteiger partial charge in [-0.25, -0.2) is 0 Å². The van der Waals surface area contributed by atoms with Crippen molar-refractivity contribution in [3.63, 3.8) is 0 Å². The van der Waals surface area contributed by atoms with Gasteiger partial charge in [-0.15, -0.1) is 11.3 Å². The fourth-order valence-electron chi connectivity index (χ4n) is 3.40. The van der Waals surface area contributed by atoms with Gasteiger partial charge in [-0.2, -0.15) is 0 Å². The average molecular weight is 247 g/mol. The molecule has 0 aliphatic heterocycles. The summed E-state index contributed by atoms with van der Waals surface area (Å²) in [5.41, 5.74) is 1.50. The summed E-state index contributed by atoms with van der Waals surface area (Å²) in [7, 11) is 0. The smallest absolute Gasteiger partial charge is 0.0305 e. The number of fused-ring (bicyclic) bond motifs is 1. The third-order valence-corrected chi connectivity index (χ3v) is 5.35. The fourth-order valence-corrected chi connectivity index (χ4v) is 4.42. The van der Waals surface area contributed by atoms with Crippen molar-refractivity contribution in [1.82, 2.24) is 5.32 Å². The molecule has 0 bridgehead atoms. The van der Waals surface area contributed by atoms with E-state index in [2.05, 4.69) is 44.3 Å². The quantitative estimate of drug-likeness (QED) is 0.797. The normalized spacial score (nSPS) is 32.3. The van der Waals surface area contributed by atoms with E-state index in [9.17, 15) is 0 Å². The number of aryl methyl sites for hydroxylation is 2. The van der Waals surface area contributed by atoms with Crippen LogP contribution in [0.15, 0.2) is 18.2 Å². The Labute approximate surface area is 108 Å². The summed E-state index contributed by atoms with van der Waals surface area (Å²) in [6.45, 7) is 6.75. The van der Waals surface area contributed by atoms with Crippen LogP contribution in [0.3, 0.4) is 0 Å². The van der Waals surface area contributed by atoms with Gasteiger partial charge in [-0.1, -0.05) is 12.2 Å². The van der Waals surface area contributed by atoms with Gasteiger partial charge in [0, 0.05) is 21.8 Å². The second-order valence-electron chi connectivity index (χ2n) is 5.60. The average Bonchev–Trinajstić information content (AvgIpc) is 2.78. The van der Waals surface area contributed by atoms with Crippen molar-refractivity contribution >= 4 is 11.3 Å². The molecule has 2 aliphatic rings. The highest BCUT2D eigenvalue weighted by molar-refractivity contribution is 7.12. The Hall–Kier alpha value is -0.600. The van der Waals surface area contributed by atoms with Crippen LogP contribution < -0.4 is 5.32 Å². The maximum absolute atomic E-state index is 3.81. The van der Waals surface area contributed by atoms with Gasteiger partial charge in [0.15, 0.2) is 0 Å². The molecule has 2 aliphatic carbocycles. The van der Waals surface area contributed by atoms with Crippen LogP contribution in [0.4, 0.5) is 0 Å². The lowest BCUT2D eigenvalue weighted by atomic mass is 9.71. The van der Waals surface area contributed by atoms with E-state index < -0.39 is 0 Å². The minimum atomic E-state index is 0.500. The molecule has 1 N–H and O–H groups in total. The second kappa shape index (κ2) is 4.25. The van der Waals surface area contributed by atoms with Gasteiger partial charge in [0.2, 0.25) is 0 Å². The summed E-state index contributed by atoms with van der Waals surface area (Å²) < 4.78 is 0.